The number of non-ortho nitro benzene ring substituents is 1. The highest BCUT2D eigenvalue weighted by Crippen LogP contribution is 2.30. The average Bonchev–Trinajstić information content (AvgIpc) is 2.47. The van der Waals surface area contributed by atoms with Crippen molar-refractivity contribution in [2.75, 3.05) is 0 Å². The maximum atomic E-state index is 11.1. The predicted octanol–water partition coefficient (Wildman–Crippen LogP) is 4.20. The molecule has 0 aliphatic carbocycles. The lowest BCUT2D eigenvalue weighted by atomic mass is 10.1. The first-order valence-electron chi connectivity index (χ1n) is 6.17. The number of rotatable bonds is 5. The summed E-state index contributed by atoms with van der Waals surface area (Å²) in [4.78, 5) is 21.2. The first-order valence-corrected chi connectivity index (χ1v) is 6.55. The van der Waals surface area contributed by atoms with Gasteiger partial charge in [-0.15, -0.1) is 0 Å². The van der Waals surface area contributed by atoms with E-state index in [1.54, 1.807) is 19.1 Å². The van der Waals surface area contributed by atoms with Gasteiger partial charge in [0.15, 0.2) is 6.29 Å². The molecule has 1 atom stereocenters. The minimum absolute atomic E-state index is 0.128. The van der Waals surface area contributed by atoms with Crippen LogP contribution in [0.2, 0.25) is 5.02 Å². The Hall–Kier alpha value is -2.40. The Bertz CT molecular complexity index is 687. The fourth-order valence-corrected chi connectivity index (χ4v) is 2.20. The molecule has 0 aliphatic heterocycles. The van der Waals surface area contributed by atoms with E-state index < -0.39 is 4.92 Å². The molecule has 0 spiro atoms. The van der Waals surface area contributed by atoms with Gasteiger partial charge in [-0.2, -0.15) is 0 Å². The summed E-state index contributed by atoms with van der Waals surface area (Å²) in [7, 11) is 0. The van der Waals surface area contributed by atoms with Gasteiger partial charge in [-0.1, -0.05) is 29.8 Å². The SMILES string of the molecule is C[C@@H](Oc1ccc([N+](=O)[O-])cc1C=O)c1ccccc1Cl. The number of aldehydes is 1. The molecule has 0 unspecified atom stereocenters. The number of halogens is 1. The molecule has 0 heterocycles. The van der Waals surface area contributed by atoms with Crippen molar-refractivity contribution in [3.63, 3.8) is 0 Å². The topological polar surface area (TPSA) is 69.4 Å². The molecule has 0 aromatic heterocycles. The highest BCUT2D eigenvalue weighted by atomic mass is 35.5. The number of carbonyl (C=O) groups excluding carboxylic acids is 1. The first kappa shape index (κ1) is 15.0. The van der Waals surface area contributed by atoms with Crippen molar-refractivity contribution in [3.05, 3.63) is 68.7 Å². The Morgan fingerprint density at radius 1 is 1.29 bits per heavy atom. The molecule has 2 aromatic rings. The number of ether oxygens (including phenoxy) is 1. The second-order valence-electron chi connectivity index (χ2n) is 4.38. The van der Waals surface area contributed by atoms with Gasteiger partial charge in [0.2, 0.25) is 0 Å². The molecule has 0 saturated carbocycles. The Morgan fingerprint density at radius 3 is 2.62 bits per heavy atom. The third-order valence-electron chi connectivity index (χ3n) is 2.98. The van der Waals surface area contributed by atoms with Crippen LogP contribution in [-0.4, -0.2) is 11.2 Å². The van der Waals surface area contributed by atoms with Crippen LogP contribution >= 0.6 is 11.6 Å². The van der Waals surface area contributed by atoms with Crippen LogP contribution in [0.3, 0.4) is 0 Å². The predicted molar refractivity (Wildman–Crippen MR) is 79.0 cm³/mol. The highest BCUT2D eigenvalue weighted by molar-refractivity contribution is 6.31. The minimum atomic E-state index is -0.561. The van der Waals surface area contributed by atoms with Crippen molar-refractivity contribution in [2.24, 2.45) is 0 Å². The van der Waals surface area contributed by atoms with Gasteiger partial charge < -0.3 is 4.74 Å². The zero-order valence-corrected chi connectivity index (χ0v) is 11.9. The van der Waals surface area contributed by atoms with E-state index >= 15 is 0 Å². The van der Waals surface area contributed by atoms with E-state index in [9.17, 15) is 14.9 Å². The van der Waals surface area contributed by atoms with E-state index in [4.69, 9.17) is 16.3 Å². The molecule has 108 valence electrons. The normalized spacial score (nSPS) is 11.7. The molecule has 0 fully saturated rings. The molecule has 0 N–H and O–H groups in total. The summed E-state index contributed by atoms with van der Waals surface area (Å²) in [6.07, 6.45) is 0.139. The lowest BCUT2D eigenvalue weighted by Crippen LogP contribution is -2.05. The third kappa shape index (κ3) is 3.38. The Morgan fingerprint density at radius 2 is 2.00 bits per heavy atom. The van der Waals surface area contributed by atoms with Gasteiger partial charge >= 0.3 is 0 Å². The molecule has 2 rings (SSSR count). The smallest absolute Gasteiger partial charge is 0.270 e. The van der Waals surface area contributed by atoms with E-state index in [1.807, 2.05) is 12.1 Å². The molecule has 0 amide bonds. The fourth-order valence-electron chi connectivity index (χ4n) is 1.91. The van der Waals surface area contributed by atoms with Crippen molar-refractivity contribution in [3.8, 4) is 5.75 Å². The number of carbonyl (C=O) groups is 1. The first-order chi connectivity index (χ1) is 10.0. The van der Waals surface area contributed by atoms with Gasteiger partial charge in [-0.05, 0) is 19.1 Å². The number of nitrogens with zero attached hydrogens (tertiary/aromatic N) is 1. The number of hydrogen-bond donors (Lipinski definition) is 0. The third-order valence-corrected chi connectivity index (χ3v) is 3.32. The Labute approximate surface area is 126 Å². The summed E-state index contributed by atoms with van der Waals surface area (Å²) < 4.78 is 5.70. The van der Waals surface area contributed by atoms with Gasteiger partial charge in [-0.25, -0.2) is 0 Å². The van der Waals surface area contributed by atoms with Crippen molar-refractivity contribution >= 4 is 23.6 Å². The number of nitro benzene ring substituents is 1. The largest absolute Gasteiger partial charge is 0.485 e. The molecule has 6 heteroatoms. The summed E-state index contributed by atoms with van der Waals surface area (Å²) in [6.45, 7) is 1.79. The van der Waals surface area contributed by atoms with Crippen molar-refractivity contribution < 1.29 is 14.5 Å². The highest BCUT2D eigenvalue weighted by Gasteiger charge is 2.15. The molecule has 5 nitrogen and oxygen atoms in total. The maximum Gasteiger partial charge on any atom is 0.270 e. The van der Waals surface area contributed by atoms with Crippen LogP contribution in [0.15, 0.2) is 42.5 Å². The zero-order valence-electron chi connectivity index (χ0n) is 11.2. The molecule has 0 bridgehead atoms. The molecular formula is C15H12ClNO4. The van der Waals surface area contributed by atoms with E-state index in [0.29, 0.717) is 11.3 Å². The van der Waals surface area contributed by atoms with Gasteiger partial charge in [-0.3, -0.25) is 14.9 Å². The quantitative estimate of drug-likeness (QED) is 0.471. The van der Waals surface area contributed by atoms with Gasteiger partial charge in [0.1, 0.15) is 11.9 Å². The van der Waals surface area contributed by atoms with Crippen molar-refractivity contribution in [1.82, 2.24) is 0 Å². The van der Waals surface area contributed by atoms with Crippen LogP contribution in [0.25, 0.3) is 0 Å². The van der Waals surface area contributed by atoms with Gasteiger partial charge in [0.05, 0.1) is 10.5 Å². The minimum Gasteiger partial charge on any atom is -0.485 e. The van der Waals surface area contributed by atoms with Gasteiger partial charge in [0.25, 0.3) is 5.69 Å². The van der Waals surface area contributed by atoms with E-state index in [1.165, 1.54) is 18.2 Å². The monoisotopic (exact) mass is 305 g/mol. The summed E-state index contributed by atoms with van der Waals surface area (Å²) in [5.74, 6) is 0.281. The maximum absolute atomic E-state index is 11.1. The van der Waals surface area contributed by atoms with Crippen LogP contribution in [0.4, 0.5) is 5.69 Å². The number of nitro groups is 1. The lowest BCUT2D eigenvalue weighted by Gasteiger charge is -2.17. The van der Waals surface area contributed by atoms with E-state index in [0.717, 1.165) is 5.56 Å². The molecule has 2 aromatic carbocycles. The molecule has 21 heavy (non-hydrogen) atoms. The van der Waals surface area contributed by atoms with E-state index in [2.05, 4.69) is 0 Å². The second kappa shape index (κ2) is 6.37. The van der Waals surface area contributed by atoms with Crippen LogP contribution in [0, 0.1) is 10.1 Å². The summed E-state index contributed by atoms with van der Waals surface area (Å²) in [6, 6.07) is 11.1. The molecule has 0 aliphatic rings. The molecule has 0 radical (unpaired) electrons. The zero-order chi connectivity index (χ0) is 15.4. The van der Waals surface area contributed by atoms with Crippen LogP contribution in [0.5, 0.6) is 5.75 Å². The molecular weight excluding hydrogens is 294 g/mol. The van der Waals surface area contributed by atoms with Crippen molar-refractivity contribution in [2.45, 2.75) is 13.0 Å². The standard InChI is InChI=1S/C15H12ClNO4/c1-10(13-4-2-3-5-14(13)16)21-15-7-6-12(17(19)20)8-11(15)9-18/h2-10H,1H3/t10-/m1/s1. The Kier molecular flexibility index (Phi) is 4.55. The second-order valence-corrected chi connectivity index (χ2v) is 4.79. The summed E-state index contributed by atoms with van der Waals surface area (Å²) >= 11 is 6.09. The van der Waals surface area contributed by atoms with E-state index in [-0.39, 0.29) is 23.1 Å². The number of hydrogen-bond acceptors (Lipinski definition) is 4. The van der Waals surface area contributed by atoms with Crippen LogP contribution in [-0.2, 0) is 0 Å². The molecule has 0 saturated heterocycles. The summed E-state index contributed by atoms with van der Waals surface area (Å²) in [5, 5.41) is 11.3. The summed E-state index contributed by atoms with van der Waals surface area (Å²) in [5.41, 5.74) is 0.743. The Balaban J connectivity index is 2.29. The fraction of sp³-hybridized carbons (Fsp3) is 0.133. The van der Waals surface area contributed by atoms with Crippen molar-refractivity contribution in [1.29, 1.82) is 0 Å². The van der Waals surface area contributed by atoms with Gasteiger partial charge in [0, 0.05) is 22.7 Å². The lowest BCUT2D eigenvalue weighted by molar-refractivity contribution is -0.384. The van der Waals surface area contributed by atoms with Crippen LogP contribution < -0.4 is 4.74 Å². The van der Waals surface area contributed by atoms with Crippen LogP contribution in [0.1, 0.15) is 28.9 Å². The average molecular weight is 306 g/mol. The number of benzene rings is 2.